The van der Waals surface area contributed by atoms with Crippen LogP contribution in [0.25, 0.3) is 0 Å². The molecule has 0 bridgehead atoms. The minimum Gasteiger partial charge on any atom is -0.382 e. The van der Waals surface area contributed by atoms with E-state index in [1.54, 1.807) is 0 Å². The predicted octanol–water partition coefficient (Wildman–Crippen LogP) is 0.0584. The molecule has 0 aromatic carbocycles. The van der Waals surface area contributed by atoms with Gasteiger partial charge in [0.1, 0.15) is 0 Å². The average molecular weight is 210 g/mol. The van der Waals surface area contributed by atoms with Crippen molar-refractivity contribution >= 4 is 28.7 Å². The van der Waals surface area contributed by atoms with Gasteiger partial charge in [-0.25, -0.2) is 0 Å². The molecule has 0 spiro atoms. The van der Waals surface area contributed by atoms with Crippen molar-refractivity contribution in [2.24, 2.45) is 0 Å². The van der Waals surface area contributed by atoms with Gasteiger partial charge in [0.15, 0.2) is 5.82 Å². The lowest BCUT2D eigenvalue weighted by Crippen LogP contribution is -1.89. The van der Waals surface area contributed by atoms with Gasteiger partial charge in [-0.2, -0.15) is 2.90 Å². The molecule has 0 saturated heterocycles. The third-order valence-electron chi connectivity index (χ3n) is 0.533. The number of hydrogen-bond donors (Lipinski definition) is 1. The zero-order valence-electron chi connectivity index (χ0n) is 3.37. The molecule has 38 valence electrons. The normalized spacial score (nSPS) is 9.29. The largest absolute Gasteiger partial charge is 0.382 e. The molecular formula is C2H3IN4. The smallest absolute Gasteiger partial charge is 0.153 e. The van der Waals surface area contributed by atoms with Gasteiger partial charge < -0.3 is 5.73 Å². The van der Waals surface area contributed by atoms with Crippen LogP contribution < -0.4 is 5.73 Å². The summed E-state index contributed by atoms with van der Waals surface area (Å²) in [6.45, 7) is 0. The van der Waals surface area contributed by atoms with E-state index in [-0.39, 0.29) is 0 Å². The number of nitrogens with zero attached hydrogens (tertiary/aromatic N) is 3. The summed E-state index contributed by atoms with van der Waals surface area (Å²) in [6.07, 6.45) is 1.49. The number of halogens is 1. The number of aromatic nitrogens is 3. The van der Waals surface area contributed by atoms with Crippen LogP contribution in [-0.4, -0.2) is 13.2 Å². The van der Waals surface area contributed by atoms with Gasteiger partial charge in [-0.15, -0.1) is 5.10 Å². The fraction of sp³-hybridized carbons (Fsp3) is 0. The topological polar surface area (TPSA) is 56.7 Å². The molecule has 1 heterocycles. The molecule has 4 nitrogen and oxygen atoms in total. The third-order valence-corrected chi connectivity index (χ3v) is 1.28. The average Bonchev–Trinajstić information content (AvgIpc) is 1.91. The maximum absolute atomic E-state index is 5.27. The Hall–Kier alpha value is -0.330. The molecule has 0 radical (unpaired) electrons. The zero-order chi connectivity index (χ0) is 5.28. The molecule has 5 heteroatoms. The fourth-order valence-corrected chi connectivity index (χ4v) is 0.466. The van der Waals surface area contributed by atoms with Gasteiger partial charge in [0.05, 0.1) is 29.1 Å². The van der Waals surface area contributed by atoms with Crippen molar-refractivity contribution in [2.75, 3.05) is 5.73 Å². The van der Waals surface area contributed by atoms with Gasteiger partial charge in [0, 0.05) is 0 Å². The lowest BCUT2D eigenvalue weighted by atomic mass is 10.8. The second-order valence-electron chi connectivity index (χ2n) is 1.02. The van der Waals surface area contributed by atoms with Crippen molar-refractivity contribution in [1.29, 1.82) is 0 Å². The summed E-state index contributed by atoms with van der Waals surface area (Å²) in [4.78, 5) is 0. The molecule has 1 aromatic heterocycles. The van der Waals surface area contributed by atoms with E-state index < -0.39 is 0 Å². The Balaban J connectivity index is 3.12. The minimum absolute atomic E-state index is 0.570. The van der Waals surface area contributed by atoms with E-state index in [1.165, 1.54) is 9.09 Å². The highest BCUT2D eigenvalue weighted by atomic mass is 127. The van der Waals surface area contributed by atoms with Crippen LogP contribution in [0.2, 0.25) is 0 Å². The second kappa shape index (κ2) is 1.65. The highest BCUT2D eigenvalue weighted by Crippen LogP contribution is 1.98. The first-order valence-electron chi connectivity index (χ1n) is 1.63. The summed E-state index contributed by atoms with van der Waals surface area (Å²) in [6, 6.07) is 0. The Morgan fingerprint density at radius 1 is 1.86 bits per heavy atom. The molecular weight excluding hydrogens is 207 g/mol. The third kappa shape index (κ3) is 0.817. The van der Waals surface area contributed by atoms with Gasteiger partial charge >= 0.3 is 0 Å². The number of anilines is 1. The van der Waals surface area contributed by atoms with E-state index in [4.69, 9.17) is 5.73 Å². The van der Waals surface area contributed by atoms with Crippen LogP contribution in [0.15, 0.2) is 6.20 Å². The van der Waals surface area contributed by atoms with Gasteiger partial charge in [0.2, 0.25) is 0 Å². The molecule has 0 atom stereocenters. The Morgan fingerprint density at radius 2 is 2.57 bits per heavy atom. The lowest BCUT2D eigenvalue weighted by Gasteiger charge is -1.81. The summed E-state index contributed by atoms with van der Waals surface area (Å²) in [5, 5.41) is 7.05. The maximum Gasteiger partial charge on any atom is 0.153 e. The van der Waals surface area contributed by atoms with Crippen LogP contribution in [0, 0.1) is 0 Å². The first-order chi connectivity index (χ1) is 3.30. The molecule has 0 saturated carbocycles. The molecule has 1 aromatic rings. The highest BCUT2D eigenvalue weighted by Gasteiger charge is 1.88. The van der Waals surface area contributed by atoms with E-state index in [1.807, 2.05) is 22.9 Å². The van der Waals surface area contributed by atoms with E-state index in [2.05, 4.69) is 10.3 Å². The van der Waals surface area contributed by atoms with Crippen molar-refractivity contribution < 1.29 is 0 Å². The summed E-state index contributed by atoms with van der Waals surface area (Å²) >= 11 is 1.94. The summed E-state index contributed by atoms with van der Waals surface area (Å²) in [5.74, 6) is 0.570. The van der Waals surface area contributed by atoms with Crippen LogP contribution in [-0.2, 0) is 0 Å². The summed E-state index contributed by atoms with van der Waals surface area (Å²) < 4.78 is 1.47. The van der Waals surface area contributed by atoms with Crippen molar-refractivity contribution in [3.05, 3.63) is 6.20 Å². The molecule has 0 aliphatic carbocycles. The number of nitrogens with two attached hydrogens (primary N) is 1. The summed E-state index contributed by atoms with van der Waals surface area (Å²) in [5.41, 5.74) is 5.27. The molecule has 2 N–H and O–H groups in total. The molecule has 0 unspecified atom stereocenters. The van der Waals surface area contributed by atoms with Crippen LogP contribution >= 0.6 is 22.9 Å². The van der Waals surface area contributed by atoms with Gasteiger partial charge in [-0.3, -0.25) is 0 Å². The standard InChI is InChI=1S/C2H3IN4/c3-7-2(4)1-5-6-7/h1H,4H2. The SMILES string of the molecule is Nc1cnnn1I. The zero-order valence-corrected chi connectivity index (χ0v) is 5.53. The molecule has 1 rings (SSSR count). The molecule has 0 aliphatic heterocycles. The Kier molecular flexibility index (Phi) is 1.13. The molecule has 7 heavy (non-hydrogen) atoms. The van der Waals surface area contributed by atoms with Gasteiger partial charge in [-0.1, -0.05) is 5.21 Å². The number of rotatable bonds is 0. The van der Waals surface area contributed by atoms with E-state index in [0.717, 1.165) is 0 Å². The van der Waals surface area contributed by atoms with Gasteiger partial charge in [-0.05, 0) is 0 Å². The predicted molar refractivity (Wildman–Crippen MR) is 33.9 cm³/mol. The second-order valence-corrected chi connectivity index (χ2v) is 1.93. The van der Waals surface area contributed by atoms with Crippen LogP contribution in [0.5, 0.6) is 0 Å². The molecule has 0 amide bonds. The number of hydrogen-bond acceptors (Lipinski definition) is 3. The highest BCUT2D eigenvalue weighted by molar-refractivity contribution is 14.1. The van der Waals surface area contributed by atoms with Crippen molar-refractivity contribution in [1.82, 2.24) is 13.2 Å². The van der Waals surface area contributed by atoms with Crippen molar-refractivity contribution in [2.45, 2.75) is 0 Å². The van der Waals surface area contributed by atoms with Crippen LogP contribution in [0.3, 0.4) is 0 Å². The number of nitrogen functional groups attached to an aromatic ring is 1. The first kappa shape index (κ1) is 4.82. The fourth-order valence-electron chi connectivity index (χ4n) is 0.230. The quantitative estimate of drug-likeness (QED) is 0.616. The van der Waals surface area contributed by atoms with E-state index >= 15 is 0 Å². The Bertz CT molecular complexity index is 142. The van der Waals surface area contributed by atoms with E-state index in [9.17, 15) is 0 Å². The minimum atomic E-state index is 0.570. The summed E-state index contributed by atoms with van der Waals surface area (Å²) in [7, 11) is 0. The van der Waals surface area contributed by atoms with Gasteiger partial charge in [0.25, 0.3) is 0 Å². The monoisotopic (exact) mass is 210 g/mol. The maximum atomic E-state index is 5.27. The Morgan fingerprint density at radius 3 is 2.71 bits per heavy atom. The lowest BCUT2D eigenvalue weighted by molar-refractivity contribution is 0.922. The first-order valence-corrected chi connectivity index (χ1v) is 2.59. The van der Waals surface area contributed by atoms with E-state index in [0.29, 0.717) is 5.82 Å². The van der Waals surface area contributed by atoms with Crippen molar-refractivity contribution in [3.8, 4) is 0 Å². The van der Waals surface area contributed by atoms with Crippen LogP contribution in [0.1, 0.15) is 0 Å². The Labute approximate surface area is 54.2 Å². The van der Waals surface area contributed by atoms with Crippen LogP contribution in [0.4, 0.5) is 5.82 Å². The van der Waals surface area contributed by atoms with Crippen molar-refractivity contribution in [3.63, 3.8) is 0 Å². The molecule has 0 fully saturated rings. The molecule has 0 aliphatic rings.